The fraction of sp³-hybridized carbons (Fsp3) is 0.343. The minimum atomic E-state index is -0.972. The number of rotatable bonds is 10. The summed E-state index contributed by atoms with van der Waals surface area (Å²) in [5, 5.41) is 12.1. The van der Waals surface area contributed by atoms with Gasteiger partial charge in [0.25, 0.3) is 5.78 Å². The van der Waals surface area contributed by atoms with Gasteiger partial charge < -0.3 is 24.1 Å². The standard InChI is InChI=1S/C35H36N2O7S/c1-6-42-28-17-21(7-12-27(28)43-14-13-19(2)3)31-30(32(38)22-8-11-26-23(16-22)15-20(4)44-26)33(39)34(40)37(31)35-36-25-10-9-24(41-5)18-29(25)45-35/h7-12,16-20,31,38H,6,13-15H2,1-5H3/t20-,31-/m0/s1. The predicted molar refractivity (Wildman–Crippen MR) is 174 cm³/mol. The van der Waals surface area contributed by atoms with Gasteiger partial charge in [0, 0.05) is 12.0 Å². The van der Waals surface area contributed by atoms with Gasteiger partial charge in [-0.05, 0) is 85.8 Å². The van der Waals surface area contributed by atoms with E-state index >= 15 is 0 Å². The molecule has 1 amide bonds. The summed E-state index contributed by atoms with van der Waals surface area (Å²) in [5.41, 5.74) is 2.57. The van der Waals surface area contributed by atoms with E-state index in [1.807, 2.05) is 32.0 Å². The molecule has 1 N–H and O–H groups in total. The second-order valence-corrected chi connectivity index (χ2v) is 12.6. The number of hydrogen-bond acceptors (Lipinski definition) is 9. The first-order valence-electron chi connectivity index (χ1n) is 15.1. The third-order valence-corrected chi connectivity index (χ3v) is 8.96. The first kappa shape index (κ1) is 30.5. The molecule has 45 heavy (non-hydrogen) atoms. The number of benzene rings is 3. The Hall–Kier alpha value is -4.57. The molecule has 0 aliphatic carbocycles. The lowest BCUT2D eigenvalue weighted by molar-refractivity contribution is -0.132. The van der Waals surface area contributed by atoms with Crippen LogP contribution in [0.1, 0.15) is 56.8 Å². The molecule has 10 heteroatoms. The number of carbonyl (C=O) groups is 2. The van der Waals surface area contributed by atoms with Gasteiger partial charge in [-0.2, -0.15) is 0 Å². The van der Waals surface area contributed by atoms with Crippen molar-refractivity contribution >= 4 is 44.1 Å². The highest BCUT2D eigenvalue weighted by molar-refractivity contribution is 7.22. The van der Waals surface area contributed by atoms with Gasteiger partial charge in [-0.1, -0.05) is 31.3 Å². The van der Waals surface area contributed by atoms with Crippen LogP contribution in [0, 0.1) is 5.92 Å². The van der Waals surface area contributed by atoms with Crippen LogP contribution in [-0.2, 0) is 16.0 Å². The van der Waals surface area contributed by atoms with Crippen molar-refractivity contribution in [1.82, 2.24) is 4.98 Å². The van der Waals surface area contributed by atoms with Crippen molar-refractivity contribution in [3.8, 4) is 23.0 Å². The smallest absolute Gasteiger partial charge is 0.301 e. The Morgan fingerprint density at radius 1 is 1.09 bits per heavy atom. The predicted octanol–water partition coefficient (Wildman–Crippen LogP) is 7.08. The maximum atomic E-state index is 13.8. The third-order valence-electron chi connectivity index (χ3n) is 7.94. The van der Waals surface area contributed by atoms with Gasteiger partial charge in [0.1, 0.15) is 23.4 Å². The normalized spacial score (nSPS) is 18.8. The molecule has 4 aromatic rings. The molecule has 1 fully saturated rings. The number of ether oxygens (including phenoxy) is 4. The number of Topliss-reactive ketones (excluding diaryl/α,β-unsaturated/α-hetero) is 1. The molecular formula is C35H36N2O7S. The van der Waals surface area contributed by atoms with Gasteiger partial charge in [0.2, 0.25) is 0 Å². The van der Waals surface area contributed by atoms with Crippen LogP contribution in [0.25, 0.3) is 16.0 Å². The Labute approximate surface area is 266 Å². The van der Waals surface area contributed by atoms with E-state index in [1.54, 1.807) is 43.5 Å². The van der Waals surface area contributed by atoms with E-state index in [1.165, 1.54) is 16.2 Å². The number of ketones is 1. The second kappa shape index (κ2) is 12.4. The van der Waals surface area contributed by atoms with E-state index < -0.39 is 17.7 Å². The van der Waals surface area contributed by atoms with Crippen molar-refractivity contribution in [2.75, 3.05) is 25.2 Å². The summed E-state index contributed by atoms with van der Waals surface area (Å²) in [6.07, 6.45) is 1.57. The number of aliphatic hydroxyl groups excluding tert-OH is 1. The maximum absolute atomic E-state index is 13.8. The number of nitrogens with zero attached hydrogens (tertiary/aromatic N) is 2. The highest BCUT2D eigenvalue weighted by Gasteiger charge is 2.48. The van der Waals surface area contributed by atoms with Gasteiger partial charge in [0.15, 0.2) is 16.6 Å². The minimum Gasteiger partial charge on any atom is -0.507 e. The second-order valence-electron chi connectivity index (χ2n) is 11.6. The first-order valence-corrected chi connectivity index (χ1v) is 15.9. The summed E-state index contributed by atoms with van der Waals surface area (Å²) in [4.78, 5) is 33.8. The Bertz CT molecular complexity index is 1810. The van der Waals surface area contributed by atoms with Gasteiger partial charge in [-0.3, -0.25) is 14.5 Å². The number of amides is 1. The van der Waals surface area contributed by atoms with Crippen LogP contribution in [0.2, 0.25) is 0 Å². The summed E-state index contributed by atoms with van der Waals surface area (Å²) >= 11 is 1.27. The molecule has 3 heterocycles. The van der Waals surface area contributed by atoms with E-state index in [4.69, 9.17) is 23.9 Å². The van der Waals surface area contributed by atoms with Crippen LogP contribution < -0.4 is 23.8 Å². The lowest BCUT2D eigenvalue weighted by atomic mass is 9.94. The lowest BCUT2D eigenvalue weighted by Gasteiger charge is -2.24. The summed E-state index contributed by atoms with van der Waals surface area (Å²) in [6, 6.07) is 15.2. The number of fused-ring (bicyclic) bond motifs is 2. The average Bonchev–Trinajstić information content (AvgIpc) is 3.69. The molecule has 2 aliphatic rings. The molecule has 0 unspecified atom stereocenters. The van der Waals surface area contributed by atoms with Crippen molar-refractivity contribution in [2.45, 2.75) is 52.7 Å². The van der Waals surface area contributed by atoms with Crippen LogP contribution in [0.3, 0.4) is 0 Å². The van der Waals surface area contributed by atoms with E-state index in [2.05, 4.69) is 13.8 Å². The van der Waals surface area contributed by atoms with Gasteiger partial charge >= 0.3 is 5.91 Å². The quantitative estimate of drug-likeness (QED) is 0.113. The molecule has 6 rings (SSSR count). The van der Waals surface area contributed by atoms with Crippen molar-refractivity contribution in [1.29, 1.82) is 0 Å². The maximum Gasteiger partial charge on any atom is 0.301 e. The molecule has 2 aliphatic heterocycles. The van der Waals surface area contributed by atoms with Crippen molar-refractivity contribution < 1.29 is 33.6 Å². The van der Waals surface area contributed by atoms with E-state index in [0.717, 1.165) is 22.4 Å². The molecule has 0 spiro atoms. The SMILES string of the molecule is CCOc1cc([C@H]2C(=C(O)c3ccc4c(c3)C[C@H](C)O4)C(=O)C(=O)N2c2nc3ccc(OC)cc3s2)ccc1OCCC(C)C. The number of thiazole rings is 1. The van der Waals surface area contributed by atoms with Crippen LogP contribution >= 0.6 is 11.3 Å². The Morgan fingerprint density at radius 2 is 1.91 bits per heavy atom. The topological polar surface area (TPSA) is 107 Å². The molecule has 9 nitrogen and oxygen atoms in total. The zero-order valence-corrected chi connectivity index (χ0v) is 26.8. The summed E-state index contributed by atoms with van der Waals surface area (Å²) in [5.74, 6) is 1.09. The number of carbonyl (C=O) groups excluding carboxylic acids is 2. The van der Waals surface area contributed by atoms with Crippen LogP contribution in [0.5, 0.6) is 23.0 Å². The zero-order valence-electron chi connectivity index (χ0n) is 26.0. The summed E-state index contributed by atoms with van der Waals surface area (Å²) in [7, 11) is 1.58. The number of anilines is 1. The van der Waals surface area contributed by atoms with Crippen molar-refractivity contribution in [3.63, 3.8) is 0 Å². The lowest BCUT2D eigenvalue weighted by Crippen LogP contribution is -2.29. The van der Waals surface area contributed by atoms with E-state index in [0.29, 0.717) is 64.6 Å². The van der Waals surface area contributed by atoms with E-state index in [9.17, 15) is 14.7 Å². The summed E-state index contributed by atoms with van der Waals surface area (Å²) in [6.45, 7) is 9.03. The molecule has 3 aromatic carbocycles. The molecule has 1 saturated heterocycles. The monoisotopic (exact) mass is 628 g/mol. The third kappa shape index (κ3) is 5.82. The molecule has 2 atom stereocenters. The average molecular weight is 629 g/mol. The van der Waals surface area contributed by atoms with Crippen molar-refractivity contribution in [2.24, 2.45) is 5.92 Å². The minimum absolute atomic E-state index is 0.0129. The number of hydrogen-bond donors (Lipinski definition) is 1. The highest BCUT2D eigenvalue weighted by atomic mass is 32.1. The number of methoxy groups -OCH3 is 1. The van der Waals surface area contributed by atoms with Crippen molar-refractivity contribution in [3.05, 3.63) is 76.9 Å². The van der Waals surface area contributed by atoms with Crippen LogP contribution in [0.4, 0.5) is 5.13 Å². The fourth-order valence-corrected chi connectivity index (χ4v) is 6.70. The van der Waals surface area contributed by atoms with Crippen LogP contribution in [-0.4, -0.2) is 48.2 Å². The molecular weight excluding hydrogens is 592 g/mol. The van der Waals surface area contributed by atoms with Gasteiger partial charge in [-0.25, -0.2) is 4.98 Å². The molecule has 1 aromatic heterocycles. The molecule has 0 saturated carbocycles. The summed E-state index contributed by atoms with van der Waals surface area (Å²) < 4.78 is 24.0. The zero-order chi connectivity index (χ0) is 31.8. The Balaban J connectivity index is 1.50. The number of aliphatic hydroxyl groups is 1. The van der Waals surface area contributed by atoms with E-state index in [-0.39, 0.29) is 17.4 Å². The molecule has 0 radical (unpaired) electrons. The largest absolute Gasteiger partial charge is 0.507 e. The molecule has 0 bridgehead atoms. The Kier molecular flexibility index (Phi) is 8.42. The Morgan fingerprint density at radius 3 is 2.67 bits per heavy atom. The van der Waals surface area contributed by atoms with Gasteiger partial charge in [-0.15, -0.1) is 0 Å². The molecule has 234 valence electrons. The highest BCUT2D eigenvalue weighted by Crippen LogP contribution is 2.46. The number of aromatic nitrogens is 1. The first-order chi connectivity index (χ1) is 21.7. The van der Waals surface area contributed by atoms with Gasteiger partial charge in [0.05, 0.1) is 42.2 Å². The van der Waals surface area contributed by atoms with Crippen LogP contribution in [0.15, 0.2) is 60.2 Å². The fourth-order valence-electron chi connectivity index (χ4n) is 5.68.